The molecular weight excluding hydrogens is 456 g/mol. The van der Waals surface area contributed by atoms with Crippen molar-refractivity contribution in [3.8, 4) is 0 Å². The van der Waals surface area contributed by atoms with E-state index in [0.717, 1.165) is 25.1 Å². The Labute approximate surface area is 207 Å². The van der Waals surface area contributed by atoms with E-state index >= 15 is 0 Å². The second kappa shape index (κ2) is 10.7. The van der Waals surface area contributed by atoms with Crippen molar-refractivity contribution in [2.45, 2.75) is 36.5 Å². The third kappa shape index (κ3) is 5.80. The highest BCUT2D eigenvalue weighted by atomic mass is 32.2. The number of rotatable bonds is 8. The molecule has 1 heterocycles. The second-order valence-corrected chi connectivity index (χ2v) is 10.8. The lowest BCUT2D eigenvalue weighted by atomic mass is 9.87. The van der Waals surface area contributed by atoms with Gasteiger partial charge in [0.05, 0.1) is 17.6 Å². The third-order valence-electron chi connectivity index (χ3n) is 6.63. The number of sulfonamides is 1. The van der Waals surface area contributed by atoms with E-state index in [4.69, 9.17) is 4.74 Å². The van der Waals surface area contributed by atoms with Gasteiger partial charge >= 0.3 is 0 Å². The Morgan fingerprint density at radius 2 is 1.54 bits per heavy atom. The number of piperidine rings is 1. The van der Waals surface area contributed by atoms with Crippen LogP contribution in [0.15, 0.2) is 102 Å². The lowest BCUT2D eigenvalue weighted by molar-refractivity contribution is 0.0106. The minimum atomic E-state index is -3.52. The molecule has 0 saturated carbocycles. The van der Waals surface area contributed by atoms with Gasteiger partial charge in [-0.2, -0.15) is 0 Å². The maximum atomic E-state index is 12.5. The van der Waals surface area contributed by atoms with Crippen molar-refractivity contribution >= 4 is 20.8 Å². The van der Waals surface area contributed by atoms with Crippen molar-refractivity contribution in [3.63, 3.8) is 0 Å². The molecule has 5 nitrogen and oxygen atoms in total. The summed E-state index contributed by atoms with van der Waals surface area (Å²) in [5.74, 6) is 0.298. The molecule has 1 saturated heterocycles. The fraction of sp³-hybridized carbons (Fsp3) is 0.241. The molecule has 0 bridgehead atoms. The van der Waals surface area contributed by atoms with Crippen LogP contribution in [0.3, 0.4) is 0 Å². The lowest BCUT2D eigenvalue weighted by Crippen LogP contribution is -2.41. The number of ether oxygens (including phenoxy) is 1. The quantitative estimate of drug-likeness (QED) is 0.369. The summed E-state index contributed by atoms with van der Waals surface area (Å²) >= 11 is 0. The molecule has 180 valence electrons. The molecule has 4 aromatic rings. The summed E-state index contributed by atoms with van der Waals surface area (Å²) in [5.41, 5.74) is 3.33. The van der Waals surface area contributed by atoms with Gasteiger partial charge in [-0.15, -0.1) is 0 Å². The second-order valence-electron chi connectivity index (χ2n) is 9.01. The van der Waals surface area contributed by atoms with Crippen LogP contribution in [-0.2, 0) is 27.9 Å². The van der Waals surface area contributed by atoms with Crippen LogP contribution in [0.4, 0.5) is 0 Å². The van der Waals surface area contributed by atoms with Crippen molar-refractivity contribution in [2.24, 2.45) is 0 Å². The third-order valence-corrected chi connectivity index (χ3v) is 8.05. The Balaban J connectivity index is 1.22. The maximum Gasteiger partial charge on any atom is 0.240 e. The fourth-order valence-electron chi connectivity index (χ4n) is 4.66. The maximum absolute atomic E-state index is 12.5. The summed E-state index contributed by atoms with van der Waals surface area (Å²) < 4.78 is 34.1. The standard InChI is InChI=1S/C29H30N2O3S/c32-35(33,27-8-2-1-3-9-27)31-19-22-10-14-25(15-11-22)28-16-17-30-20-29(28)34-21-23-12-13-24-6-4-5-7-26(24)18-23/h1-15,18,28-31H,16-17,19-21H2. The van der Waals surface area contributed by atoms with E-state index in [2.05, 4.69) is 64.6 Å². The van der Waals surface area contributed by atoms with Gasteiger partial charge < -0.3 is 10.1 Å². The largest absolute Gasteiger partial charge is 0.372 e. The van der Waals surface area contributed by atoms with Crippen LogP contribution in [-0.4, -0.2) is 27.6 Å². The Kier molecular flexibility index (Phi) is 7.25. The van der Waals surface area contributed by atoms with Gasteiger partial charge in [0.2, 0.25) is 10.0 Å². The van der Waals surface area contributed by atoms with Crippen LogP contribution in [0.25, 0.3) is 10.8 Å². The average Bonchev–Trinajstić information content (AvgIpc) is 2.92. The molecule has 0 aliphatic carbocycles. The SMILES string of the molecule is O=S(=O)(NCc1ccc(C2CCNCC2OCc2ccc3ccccc3c2)cc1)c1ccccc1. The highest BCUT2D eigenvalue weighted by Crippen LogP contribution is 2.29. The Hall–Kier alpha value is -3.03. The zero-order valence-corrected chi connectivity index (χ0v) is 20.4. The first kappa shape index (κ1) is 23.7. The summed E-state index contributed by atoms with van der Waals surface area (Å²) in [7, 11) is -3.52. The summed E-state index contributed by atoms with van der Waals surface area (Å²) in [6, 6.07) is 31.5. The number of benzene rings is 4. The molecule has 2 atom stereocenters. The molecule has 0 radical (unpaired) electrons. The van der Waals surface area contributed by atoms with E-state index in [1.165, 1.54) is 21.9 Å². The van der Waals surface area contributed by atoms with Crippen molar-refractivity contribution in [3.05, 3.63) is 114 Å². The molecular formula is C29H30N2O3S. The minimum absolute atomic E-state index is 0.0812. The van der Waals surface area contributed by atoms with Crippen LogP contribution >= 0.6 is 0 Å². The van der Waals surface area contributed by atoms with E-state index in [-0.39, 0.29) is 17.5 Å². The zero-order chi connectivity index (χ0) is 24.1. The molecule has 0 amide bonds. The first-order chi connectivity index (χ1) is 17.1. The molecule has 35 heavy (non-hydrogen) atoms. The topological polar surface area (TPSA) is 67.4 Å². The molecule has 1 fully saturated rings. The average molecular weight is 487 g/mol. The molecule has 0 aromatic heterocycles. The normalized spacial score (nSPS) is 18.5. The number of nitrogens with one attached hydrogen (secondary N) is 2. The van der Waals surface area contributed by atoms with Gasteiger partial charge in [-0.1, -0.05) is 78.9 Å². The molecule has 0 spiro atoms. The highest BCUT2D eigenvalue weighted by Gasteiger charge is 2.27. The summed E-state index contributed by atoms with van der Waals surface area (Å²) in [4.78, 5) is 0.276. The molecule has 1 aliphatic rings. The van der Waals surface area contributed by atoms with Gasteiger partial charge in [-0.3, -0.25) is 0 Å². The molecule has 6 heteroatoms. The van der Waals surface area contributed by atoms with E-state index in [9.17, 15) is 8.42 Å². The highest BCUT2D eigenvalue weighted by molar-refractivity contribution is 7.89. The first-order valence-corrected chi connectivity index (χ1v) is 13.5. The van der Waals surface area contributed by atoms with E-state index in [1.54, 1.807) is 30.3 Å². The van der Waals surface area contributed by atoms with Crippen molar-refractivity contribution in [1.82, 2.24) is 10.0 Å². The number of fused-ring (bicyclic) bond motifs is 1. The molecule has 1 aliphatic heterocycles. The molecule has 2 N–H and O–H groups in total. The minimum Gasteiger partial charge on any atom is -0.372 e. The molecule has 2 unspecified atom stereocenters. The van der Waals surface area contributed by atoms with Gasteiger partial charge in [-0.05, 0) is 58.6 Å². The molecule has 4 aromatic carbocycles. The van der Waals surface area contributed by atoms with Gasteiger partial charge in [0.1, 0.15) is 0 Å². The predicted octanol–water partition coefficient (Wildman–Crippen LogP) is 4.98. The number of hydrogen-bond donors (Lipinski definition) is 2. The lowest BCUT2D eigenvalue weighted by Gasteiger charge is -2.32. The first-order valence-electron chi connectivity index (χ1n) is 12.0. The van der Waals surface area contributed by atoms with Crippen molar-refractivity contribution in [1.29, 1.82) is 0 Å². The van der Waals surface area contributed by atoms with Crippen LogP contribution in [0, 0.1) is 0 Å². The van der Waals surface area contributed by atoms with E-state index < -0.39 is 10.0 Å². The Bertz CT molecular complexity index is 1370. The fourth-order valence-corrected chi connectivity index (χ4v) is 5.70. The van der Waals surface area contributed by atoms with Gasteiger partial charge in [-0.25, -0.2) is 13.1 Å². The Morgan fingerprint density at radius 1 is 0.829 bits per heavy atom. The van der Waals surface area contributed by atoms with Gasteiger partial charge in [0.25, 0.3) is 0 Å². The smallest absolute Gasteiger partial charge is 0.240 e. The number of hydrogen-bond acceptors (Lipinski definition) is 4. The van der Waals surface area contributed by atoms with Gasteiger partial charge in [0.15, 0.2) is 0 Å². The Morgan fingerprint density at radius 3 is 2.34 bits per heavy atom. The van der Waals surface area contributed by atoms with E-state index in [1.807, 2.05) is 12.1 Å². The monoisotopic (exact) mass is 486 g/mol. The van der Waals surface area contributed by atoms with Crippen molar-refractivity contribution < 1.29 is 13.2 Å². The van der Waals surface area contributed by atoms with Crippen LogP contribution in [0.2, 0.25) is 0 Å². The van der Waals surface area contributed by atoms with E-state index in [0.29, 0.717) is 12.5 Å². The van der Waals surface area contributed by atoms with Gasteiger partial charge in [0, 0.05) is 19.0 Å². The zero-order valence-electron chi connectivity index (χ0n) is 19.6. The van der Waals surface area contributed by atoms with Crippen molar-refractivity contribution in [2.75, 3.05) is 13.1 Å². The van der Waals surface area contributed by atoms with Crippen LogP contribution in [0.1, 0.15) is 29.0 Å². The summed E-state index contributed by atoms with van der Waals surface area (Å²) in [6.07, 6.45) is 1.08. The van der Waals surface area contributed by atoms with Crippen LogP contribution in [0.5, 0.6) is 0 Å². The predicted molar refractivity (Wildman–Crippen MR) is 140 cm³/mol. The summed E-state index contributed by atoms with van der Waals surface area (Å²) in [6.45, 7) is 2.61. The molecule has 5 rings (SSSR count). The van der Waals surface area contributed by atoms with Crippen LogP contribution < -0.4 is 10.0 Å². The summed E-state index contributed by atoms with van der Waals surface area (Å²) in [5, 5.41) is 5.93.